The molecule has 19 heavy (non-hydrogen) atoms. The third kappa shape index (κ3) is 2.72. The standard InChI is InChI=1S/C12H16FNO4S/c1-18-11-2-4-12(5-3-11)19(16,17)14-7-9(13)6-10(14)8-15/h2-5,9-10,15H,6-8H2,1H3/t9-,10-/m0/s1. The molecule has 0 aliphatic carbocycles. The van der Waals surface area contributed by atoms with Crippen molar-refractivity contribution in [2.75, 3.05) is 20.3 Å². The average molecular weight is 289 g/mol. The van der Waals surface area contributed by atoms with Gasteiger partial charge in [-0.15, -0.1) is 0 Å². The van der Waals surface area contributed by atoms with E-state index in [2.05, 4.69) is 0 Å². The largest absolute Gasteiger partial charge is 0.497 e. The molecule has 2 atom stereocenters. The lowest BCUT2D eigenvalue weighted by atomic mass is 10.2. The highest BCUT2D eigenvalue weighted by molar-refractivity contribution is 7.89. The maximum atomic E-state index is 13.3. The van der Waals surface area contributed by atoms with Gasteiger partial charge in [-0.3, -0.25) is 0 Å². The number of benzene rings is 1. The van der Waals surface area contributed by atoms with Gasteiger partial charge in [0, 0.05) is 6.54 Å². The van der Waals surface area contributed by atoms with E-state index in [-0.39, 0.29) is 24.5 Å². The van der Waals surface area contributed by atoms with Crippen LogP contribution in [-0.2, 0) is 10.0 Å². The maximum absolute atomic E-state index is 13.3. The van der Waals surface area contributed by atoms with E-state index >= 15 is 0 Å². The molecule has 1 N–H and O–H groups in total. The van der Waals surface area contributed by atoms with Crippen LogP contribution < -0.4 is 4.74 Å². The lowest BCUT2D eigenvalue weighted by Crippen LogP contribution is -2.37. The van der Waals surface area contributed by atoms with Crippen LogP contribution in [0, 0.1) is 0 Å². The molecule has 1 aliphatic rings. The molecule has 1 heterocycles. The van der Waals surface area contributed by atoms with E-state index in [0.717, 1.165) is 4.31 Å². The Labute approximate surface area is 111 Å². The van der Waals surface area contributed by atoms with E-state index in [0.29, 0.717) is 5.75 Å². The van der Waals surface area contributed by atoms with Gasteiger partial charge in [-0.1, -0.05) is 0 Å². The summed E-state index contributed by atoms with van der Waals surface area (Å²) in [5, 5.41) is 9.15. The summed E-state index contributed by atoms with van der Waals surface area (Å²) in [4.78, 5) is 0.0702. The van der Waals surface area contributed by atoms with Gasteiger partial charge in [0.05, 0.1) is 24.7 Å². The summed E-state index contributed by atoms with van der Waals surface area (Å²) in [6, 6.07) is 5.19. The van der Waals surface area contributed by atoms with Gasteiger partial charge < -0.3 is 9.84 Å². The van der Waals surface area contributed by atoms with Gasteiger partial charge in [-0.2, -0.15) is 4.31 Å². The minimum Gasteiger partial charge on any atom is -0.497 e. The Morgan fingerprint density at radius 1 is 1.42 bits per heavy atom. The molecule has 1 aliphatic heterocycles. The average Bonchev–Trinajstić information content (AvgIpc) is 2.81. The number of hydrogen-bond donors (Lipinski definition) is 1. The van der Waals surface area contributed by atoms with Gasteiger partial charge in [0.1, 0.15) is 11.9 Å². The zero-order valence-electron chi connectivity index (χ0n) is 10.5. The molecule has 1 aromatic carbocycles. The number of sulfonamides is 1. The highest BCUT2D eigenvalue weighted by Crippen LogP contribution is 2.28. The quantitative estimate of drug-likeness (QED) is 0.890. The SMILES string of the molecule is COc1ccc(S(=O)(=O)N2C[C@@H](F)C[C@H]2CO)cc1. The van der Waals surface area contributed by atoms with Crippen LogP contribution >= 0.6 is 0 Å². The van der Waals surface area contributed by atoms with E-state index in [1.807, 2.05) is 0 Å². The molecular formula is C12H16FNO4S. The van der Waals surface area contributed by atoms with E-state index in [9.17, 15) is 12.8 Å². The summed E-state index contributed by atoms with van der Waals surface area (Å²) in [6.45, 7) is -0.588. The fourth-order valence-corrected chi connectivity index (χ4v) is 3.83. The second-order valence-electron chi connectivity index (χ2n) is 4.42. The first-order valence-electron chi connectivity index (χ1n) is 5.90. The van der Waals surface area contributed by atoms with Crippen molar-refractivity contribution in [2.24, 2.45) is 0 Å². The summed E-state index contributed by atoms with van der Waals surface area (Å²) in [5.74, 6) is 0.544. The number of halogens is 1. The molecule has 0 spiro atoms. The van der Waals surface area contributed by atoms with Gasteiger partial charge in [0.2, 0.25) is 10.0 Å². The van der Waals surface area contributed by atoms with Gasteiger partial charge in [-0.25, -0.2) is 12.8 Å². The normalized spacial score (nSPS) is 24.6. The van der Waals surface area contributed by atoms with Crippen molar-refractivity contribution in [2.45, 2.75) is 23.5 Å². The molecule has 0 amide bonds. The van der Waals surface area contributed by atoms with Crippen LogP contribution in [0.5, 0.6) is 5.75 Å². The molecule has 0 bridgehead atoms. The molecule has 106 valence electrons. The van der Waals surface area contributed by atoms with Crippen molar-refractivity contribution < 1.29 is 22.7 Å². The van der Waals surface area contributed by atoms with Gasteiger partial charge >= 0.3 is 0 Å². The van der Waals surface area contributed by atoms with Crippen LogP contribution in [0.4, 0.5) is 4.39 Å². The molecule has 0 saturated carbocycles. The molecule has 0 aromatic heterocycles. The van der Waals surface area contributed by atoms with Crippen LogP contribution in [0.3, 0.4) is 0 Å². The topological polar surface area (TPSA) is 66.8 Å². The van der Waals surface area contributed by atoms with Crippen LogP contribution in [0.25, 0.3) is 0 Å². The van der Waals surface area contributed by atoms with Crippen LogP contribution in [0.2, 0.25) is 0 Å². The molecule has 0 radical (unpaired) electrons. The minimum absolute atomic E-state index is 0.0336. The Hall–Kier alpha value is -1.18. The Morgan fingerprint density at radius 2 is 2.05 bits per heavy atom. The smallest absolute Gasteiger partial charge is 0.243 e. The monoisotopic (exact) mass is 289 g/mol. The predicted octanol–water partition coefficient (Wildman–Crippen LogP) is 0.789. The molecule has 7 heteroatoms. The van der Waals surface area contributed by atoms with E-state index in [1.54, 1.807) is 0 Å². The maximum Gasteiger partial charge on any atom is 0.243 e. The lowest BCUT2D eigenvalue weighted by molar-refractivity contribution is 0.213. The molecule has 1 fully saturated rings. The Balaban J connectivity index is 2.30. The first-order chi connectivity index (χ1) is 8.98. The lowest BCUT2D eigenvalue weighted by Gasteiger charge is -2.22. The molecule has 5 nitrogen and oxygen atoms in total. The van der Waals surface area contributed by atoms with Gasteiger partial charge in [-0.05, 0) is 30.7 Å². The van der Waals surface area contributed by atoms with E-state index in [4.69, 9.17) is 9.84 Å². The number of methoxy groups -OCH3 is 1. The third-order valence-electron chi connectivity index (χ3n) is 3.19. The van der Waals surface area contributed by atoms with Crippen molar-refractivity contribution in [3.05, 3.63) is 24.3 Å². The summed E-state index contributed by atoms with van der Waals surface area (Å²) in [5.41, 5.74) is 0. The number of ether oxygens (including phenoxy) is 1. The van der Waals surface area contributed by atoms with Crippen LogP contribution in [-0.4, -0.2) is 50.3 Å². The molecule has 2 rings (SSSR count). The van der Waals surface area contributed by atoms with Gasteiger partial charge in [0.15, 0.2) is 0 Å². The van der Waals surface area contributed by atoms with Gasteiger partial charge in [0.25, 0.3) is 0 Å². The number of rotatable bonds is 4. The van der Waals surface area contributed by atoms with Crippen molar-refractivity contribution in [3.8, 4) is 5.75 Å². The number of alkyl halides is 1. The fraction of sp³-hybridized carbons (Fsp3) is 0.500. The number of nitrogens with zero attached hydrogens (tertiary/aromatic N) is 1. The van der Waals surface area contributed by atoms with Crippen molar-refractivity contribution in [3.63, 3.8) is 0 Å². The van der Waals surface area contributed by atoms with Crippen LogP contribution in [0.1, 0.15) is 6.42 Å². The highest BCUT2D eigenvalue weighted by Gasteiger charge is 2.39. The van der Waals surface area contributed by atoms with Crippen LogP contribution in [0.15, 0.2) is 29.2 Å². The number of hydrogen-bond acceptors (Lipinski definition) is 4. The third-order valence-corrected chi connectivity index (χ3v) is 5.12. The Morgan fingerprint density at radius 3 is 2.58 bits per heavy atom. The van der Waals surface area contributed by atoms with Crippen molar-refractivity contribution in [1.29, 1.82) is 0 Å². The van der Waals surface area contributed by atoms with E-state index < -0.39 is 22.2 Å². The summed E-state index contributed by atoms with van der Waals surface area (Å²) >= 11 is 0. The van der Waals surface area contributed by atoms with Crippen molar-refractivity contribution in [1.82, 2.24) is 4.31 Å². The molecular weight excluding hydrogens is 273 g/mol. The summed E-state index contributed by atoms with van der Waals surface area (Å²) < 4.78 is 44.0. The van der Waals surface area contributed by atoms with Crippen molar-refractivity contribution >= 4 is 10.0 Å². The first-order valence-corrected chi connectivity index (χ1v) is 7.34. The fourth-order valence-electron chi connectivity index (χ4n) is 2.17. The number of aliphatic hydroxyl groups is 1. The number of aliphatic hydroxyl groups excluding tert-OH is 1. The second-order valence-corrected chi connectivity index (χ2v) is 6.31. The second kappa shape index (κ2) is 5.44. The molecule has 1 aromatic rings. The Kier molecular flexibility index (Phi) is 4.07. The minimum atomic E-state index is -3.78. The first kappa shape index (κ1) is 14.2. The molecule has 0 unspecified atom stereocenters. The highest BCUT2D eigenvalue weighted by atomic mass is 32.2. The van der Waals surface area contributed by atoms with E-state index in [1.165, 1.54) is 31.4 Å². The predicted molar refractivity (Wildman–Crippen MR) is 67.3 cm³/mol. The molecule has 1 saturated heterocycles. The Bertz CT molecular complexity index is 531. The summed E-state index contributed by atoms with van der Waals surface area (Å²) in [7, 11) is -2.29. The summed E-state index contributed by atoms with van der Waals surface area (Å²) in [6.07, 6.45) is -1.20. The zero-order valence-corrected chi connectivity index (χ0v) is 11.3. The zero-order chi connectivity index (χ0) is 14.0.